The number of aliphatic hydroxyl groups excluding tert-OH is 1. The van der Waals surface area contributed by atoms with Gasteiger partial charge in [-0.3, -0.25) is 4.79 Å². The van der Waals surface area contributed by atoms with Gasteiger partial charge in [0.05, 0.1) is 12.0 Å². The highest BCUT2D eigenvalue weighted by molar-refractivity contribution is 5.75. The summed E-state index contributed by atoms with van der Waals surface area (Å²) in [6.07, 6.45) is 1.38. The second kappa shape index (κ2) is 7.65. The number of esters is 1. The number of ether oxygens (including phenoxy) is 2. The predicted octanol–water partition coefficient (Wildman–Crippen LogP) is 1.36. The van der Waals surface area contributed by atoms with Gasteiger partial charge < -0.3 is 14.6 Å². The SMILES string of the molecule is CCC(C)(C)C(=O)OCCOCCCO. The number of hydrogen-bond acceptors (Lipinski definition) is 4. The summed E-state index contributed by atoms with van der Waals surface area (Å²) in [5, 5.41) is 8.48. The van der Waals surface area contributed by atoms with Gasteiger partial charge in [-0.1, -0.05) is 6.92 Å². The van der Waals surface area contributed by atoms with Crippen molar-refractivity contribution < 1.29 is 19.4 Å². The monoisotopic (exact) mass is 218 g/mol. The van der Waals surface area contributed by atoms with Crippen molar-refractivity contribution in [3.8, 4) is 0 Å². The first-order valence-corrected chi connectivity index (χ1v) is 5.40. The van der Waals surface area contributed by atoms with Crippen molar-refractivity contribution in [1.29, 1.82) is 0 Å². The molecule has 0 unspecified atom stereocenters. The van der Waals surface area contributed by atoms with E-state index in [1.165, 1.54) is 0 Å². The first-order valence-electron chi connectivity index (χ1n) is 5.40. The summed E-state index contributed by atoms with van der Waals surface area (Å²) < 4.78 is 10.2. The van der Waals surface area contributed by atoms with Crippen LogP contribution < -0.4 is 0 Å². The zero-order chi connectivity index (χ0) is 11.7. The standard InChI is InChI=1S/C11H22O4/c1-4-11(2,3)10(13)15-9-8-14-7-5-6-12/h12H,4-9H2,1-3H3. The maximum absolute atomic E-state index is 11.5. The third-order valence-electron chi connectivity index (χ3n) is 2.34. The Morgan fingerprint density at radius 3 is 2.47 bits per heavy atom. The number of carbonyl (C=O) groups is 1. The third kappa shape index (κ3) is 6.47. The summed E-state index contributed by atoms with van der Waals surface area (Å²) in [5.74, 6) is -0.184. The van der Waals surface area contributed by atoms with Gasteiger partial charge in [0.15, 0.2) is 0 Å². The van der Waals surface area contributed by atoms with Crippen LogP contribution in [0.25, 0.3) is 0 Å². The smallest absolute Gasteiger partial charge is 0.311 e. The molecule has 0 aromatic rings. The minimum atomic E-state index is -0.412. The number of carbonyl (C=O) groups excluding carboxylic acids is 1. The van der Waals surface area contributed by atoms with Gasteiger partial charge in [-0.2, -0.15) is 0 Å². The zero-order valence-corrected chi connectivity index (χ0v) is 9.91. The fourth-order valence-electron chi connectivity index (χ4n) is 0.802. The summed E-state index contributed by atoms with van der Waals surface area (Å²) in [6.45, 7) is 7.00. The summed E-state index contributed by atoms with van der Waals surface area (Å²) in [6, 6.07) is 0. The Balaban J connectivity index is 3.47. The largest absolute Gasteiger partial charge is 0.463 e. The van der Waals surface area contributed by atoms with Crippen molar-refractivity contribution in [2.24, 2.45) is 5.41 Å². The molecule has 1 N–H and O–H groups in total. The molecule has 0 aromatic heterocycles. The van der Waals surface area contributed by atoms with Gasteiger partial charge in [0, 0.05) is 13.2 Å². The van der Waals surface area contributed by atoms with Crippen LogP contribution in [0.2, 0.25) is 0 Å². The first kappa shape index (κ1) is 14.4. The molecule has 0 aliphatic carbocycles. The van der Waals surface area contributed by atoms with Crippen molar-refractivity contribution >= 4 is 5.97 Å². The number of rotatable bonds is 8. The average Bonchev–Trinajstić information content (AvgIpc) is 2.22. The predicted molar refractivity (Wildman–Crippen MR) is 57.6 cm³/mol. The molecular formula is C11H22O4. The van der Waals surface area contributed by atoms with E-state index in [0.29, 0.717) is 19.6 Å². The van der Waals surface area contributed by atoms with Crippen molar-refractivity contribution in [2.75, 3.05) is 26.4 Å². The van der Waals surface area contributed by atoms with Crippen LogP contribution in [-0.4, -0.2) is 37.5 Å². The molecule has 0 saturated heterocycles. The lowest BCUT2D eigenvalue weighted by atomic mass is 9.91. The highest BCUT2D eigenvalue weighted by atomic mass is 16.6. The maximum Gasteiger partial charge on any atom is 0.311 e. The zero-order valence-electron chi connectivity index (χ0n) is 9.91. The van der Waals surface area contributed by atoms with Gasteiger partial charge in [-0.25, -0.2) is 0 Å². The minimum absolute atomic E-state index is 0.128. The van der Waals surface area contributed by atoms with Gasteiger partial charge in [-0.15, -0.1) is 0 Å². The fourth-order valence-corrected chi connectivity index (χ4v) is 0.802. The summed E-state index contributed by atoms with van der Waals surface area (Å²) in [5.41, 5.74) is -0.412. The van der Waals surface area contributed by atoms with Crippen LogP contribution in [0.1, 0.15) is 33.6 Å². The lowest BCUT2D eigenvalue weighted by Gasteiger charge is -2.20. The normalized spacial score (nSPS) is 11.5. The van der Waals surface area contributed by atoms with Crippen molar-refractivity contribution in [3.05, 3.63) is 0 Å². The van der Waals surface area contributed by atoms with E-state index in [0.717, 1.165) is 6.42 Å². The van der Waals surface area contributed by atoms with Crippen LogP contribution in [0.3, 0.4) is 0 Å². The van der Waals surface area contributed by atoms with E-state index >= 15 is 0 Å². The molecule has 0 radical (unpaired) electrons. The number of aliphatic hydroxyl groups is 1. The molecule has 0 spiro atoms. The van der Waals surface area contributed by atoms with Crippen LogP contribution in [0, 0.1) is 5.41 Å². The van der Waals surface area contributed by atoms with Crippen LogP contribution in [0.5, 0.6) is 0 Å². The Hall–Kier alpha value is -0.610. The van der Waals surface area contributed by atoms with Crippen molar-refractivity contribution in [2.45, 2.75) is 33.6 Å². The molecule has 0 saturated carbocycles. The summed E-state index contributed by atoms with van der Waals surface area (Å²) in [4.78, 5) is 11.5. The average molecular weight is 218 g/mol. The molecule has 0 atom stereocenters. The Morgan fingerprint density at radius 1 is 1.27 bits per heavy atom. The fraction of sp³-hybridized carbons (Fsp3) is 0.909. The van der Waals surface area contributed by atoms with Gasteiger partial charge >= 0.3 is 5.97 Å². The van der Waals surface area contributed by atoms with E-state index in [9.17, 15) is 4.79 Å². The summed E-state index contributed by atoms with van der Waals surface area (Å²) >= 11 is 0. The van der Waals surface area contributed by atoms with Crippen LogP contribution >= 0.6 is 0 Å². The molecule has 0 heterocycles. The molecule has 0 aliphatic rings. The topological polar surface area (TPSA) is 55.8 Å². The molecule has 0 rings (SSSR count). The second-order valence-electron chi connectivity index (χ2n) is 4.06. The van der Waals surface area contributed by atoms with Gasteiger partial charge in [0.25, 0.3) is 0 Å². The van der Waals surface area contributed by atoms with E-state index in [1.54, 1.807) is 0 Å². The van der Waals surface area contributed by atoms with Gasteiger partial charge in [-0.05, 0) is 26.7 Å². The van der Waals surface area contributed by atoms with Crippen LogP contribution in [-0.2, 0) is 14.3 Å². The van der Waals surface area contributed by atoms with Crippen molar-refractivity contribution in [3.63, 3.8) is 0 Å². The molecule has 90 valence electrons. The molecule has 15 heavy (non-hydrogen) atoms. The molecular weight excluding hydrogens is 196 g/mol. The Bertz CT molecular complexity index is 177. The molecule has 0 bridgehead atoms. The third-order valence-corrected chi connectivity index (χ3v) is 2.34. The highest BCUT2D eigenvalue weighted by Crippen LogP contribution is 2.21. The molecule has 0 aromatic carbocycles. The molecule has 4 heteroatoms. The van der Waals surface area contributed by atoms with Crippen molar-refractivity contribution in [1.82, 2.24) is 0 Å². The molecule has 0 fully saturated rings. The summed E-state index contributed by atoms with van der Waals surface area (Å²) in [7, 11) is 0. The second-order valence-corrected chi connectivity index (χ2v) is 4.06. The lowest BCUT2D eigenvalue weighted by molar-refractivity contribution is -0.155. The Kier molecular flexibility index (Phi) is 7.34. The van der Waals surface area contributed by atoms with Gasteiger partial charge in [0.2, 0.25) is 0 Å². The van der Waals surface area contributed by atoms with E-state index in [-0.39, 0.29) is 19.2 Å². The molecule has 0 amide bonds. The van der Waals surface area contributed by atoms with E-state index in [4.69, 9.17) is 14.6 Å². The molecule has 0 aliphatic heterocycles. The van der Waals surface area contributed by atoms with Gasteiger partial charge in [0.1, 0.15) is 6.61 Å². The number of hydrogen-bond donors (Lipinski definition) is 1. The lowest BCUT2D eigenvalue weighted by Crippen LogP contribution is -2.27. The maximum atomic E-state index is 11.5. The van der Waals surface area contributed by atoms with E-state index in [2.05, 4.69) is 0 Å². The van der Waals surface area contributed by atoms with E-state index in [1.807, 2.05) is 20.8 Å². The first-order chi connectivity index (χ1) is 7.04. The highest BCUT2D eigenvalue weighted by Gasteiger charge is 2.26. The minimum Gasteiger partial charge on any atom is -0.463 e. The van der Waals surface area contributed by atoms with Crippen LogP contribution in [0.15, 0.2) is 0 Å². The Morgan fingerprint density at radius 2 is 1.93 bits per heavy atom. The van der Waals surface area contributed by atoms with E-state index < -0.39 is 5.41 Å². The van der Waals surface area contributed by atoms with Crippen LogP contribution in [0.4, 0.5) is 0 Å². The quantitative estimate of drug-likeness (QED) is 0.494. The Labute approximate surface area is 91.6 Å². The molecule has 4 nitrogen and oxygen atoms in total.